The highest BCUT2D eigenvalue weighted by Crippen LogP contribution is 2.29. The Balaban J connectivity index is 1.81. The highest BCUT2D eigenvalue weighted by Gasteiger charge is 2.11. The molecule has 0 aliphatic heterocycles. The Morgan fingerprint density at radius 2 is 1.86 bits per heavy atom. The molecule has 1 N–H and O–H groups in total. The number of rotatable bonds is 6. The lowest BCUT2D eigenvalue weighted by Gasteiger charge is -2.21. The van der Waals surface area contributed by atoms with Gasteiger partial charge < -0.3 is 5.11 Å². The molecule has 22 heavy (non-hydrogen) atoms. The van der Waals surface area contributed by atoms with Gasteiger partial charge in [0.1, 0.15) is 0 Å². The lowest BCUT2D eigenvalue weighted by Crippen LogP contribution is -2.25. The number of aliphatic hydroxyl groups is 1. The van der Waals surface area contributed by atoms with Crippen molar-refractivity contribution in [2.24, 2.45) is 0 Å². The van der Waals surface area contributed by atoms with Gasteiger partial charge in [-0.25, -0.2) is 0 Å². The van der Waals surface area contributed by atoms with Crippen LogP contribution in [0.1, 0.15) is 11.1 Å². The van der Waals surface area contributed by atoms with Crippen molar-refractivity contribution in [3.8, 4) is 0 Å². The minimum absolute atomic E-state index is 0.179. The zero-order valence-electron chi connectivity index (χ0n) is 12.2. The molecule has 1 aromatic heterocycles. The summed E-state index contributed by atoms with van der Waals surface area (Å²) in [7, 11) is 0. The van der Waals surface area contributed by atoms with E-state index >= 15 is 0 Å². The Morgan fingerprint density at radius 1 is 1.05 bits per heavy atom. The molecule has 0 spiro atoms. The van der Waals surface area contributed by atoms with Crippen LogP contribution in [0.25, 0.3) is 10.1 Å². The van der Waals surface area contributed by atoms with E-state index in [0.717, 1.165) is 17.6 Å². The highest BCUT2D eigenvalue weighted by molar-refractivity contribution is 9.10. The summed E-state index contributed by atoms with van der Waals surface area (Å²) in [4.78, 5) is 2.29. The number of hydrogen-bond donors (Lipinski definition) is 1. The van der Waals surface area contributed by atoms with Crippen LogP contribution < -0.4 is 0 Å². The van der Waals surface area contributed by atoms with E-state index in [1.165, 1.54) is 21.2 Å². The first-order valence-corrected chi connectivity index (χ1v) is 8.96. The molecule has 3 aromatic rings. The predicted molar refractivity (Wildman–Crippen MR) is 97.2 cm³/mol. The lowest BCUT2D eigenvalue weighted by atomic mass is 10.1. The third-order valence-corrected chi connectivity index (χ3v) is 5.18. The van der Waals surface area contributed by atoms with Gasteiger partial charge in [-0.05, 0) is 40.1 Å². The second-order valence-electron chi connectivity index (χ2n) is 5.32. The van der Waals surface area contributed by atoms with Crippen LogP contribution in [-0.2, 0) is 13.1 Å². The number of fused-ring (bicyclic) bond motifs is 1. The van der Waals surface area contributed by atoms with Crippen molar-refractivity contribution in [3.63, 3.8) is 0 Å². The SMILES string of the molecule is OCCN(Cc1ccccc1)Cc1csc2ccc(Br)cc12. The number of halogens is 1. The molecule has 114 valence electrons. The van der Waals surface area contributed by atoms with E-state index in [-0.39, 0.29) is 6.61 Å². The van der Waals surface area contributed by atoms with Crippen LogP contribution in [0.4, 0.5) is 0 Å². The Bertz CT molecular complexity index is 741. The zero-order valence-corrected chi connectivity index (χ0v) is 14.6. The summed E-state index contributed by atoms with van der Waals surface area (Å²) in [5, 5.41) is 12.9. The molecule has 0 saturated heterocycles. The molecule has 0 radical (unpaired) electrons. The zero-order chi connectivity index (χ0) is 15.4. The van der Waals surface area contributed by atoms with Crippen LogP contribution in [0.3, 0.4) is 0 Å². The maximum Gasteiger partial charge on any atom is 0.0558 e. The fraction of sp³-hybridized carbons (Fsp3) is 0.222. The van der Waals surface area contributed by atoms with E-state index in [1.54, 1.807) is 11.3 Å². The maximum absolute atomic E-state index is 9.35. The minimum atomic E-state index is 0.179. The van der Waals surface area contributed by atoms with Crippen molar-refractivity contribution in [3.05, 3.63) is 69.5 Å². The summed E-state index contributed by atoms with van der Waals surface area (Å²) in [6.07, 6.45) is 0. The average molecular weight is 376 g/mol. The average Bonchev–Trinajstić information content (AvgIpc) is 2.91. The molecule has 0 atom stereocenters. The molecule has 0 bridgehead atoms. The number of benzene rings is 2. The third-order valence-electron chi connectivity index (χ3n) is 3.67. The van der Waals surface area contributed by atoms with Crippen LogP contribution in [0, 0.1) is 0 Å². The van der Waals surface area contributed by atoms with E-state index in [4.69, 9.17) is 0 Å². The fourth-order valence-corrected chi connectivity index (χ4v) is 3.91. The molecule has 4 heteroatoms. The molecular formula is C18H18BrNOS. The van der Waals surface area contributed by atoms with E-state index in [0.29, 0.717) is 6.54 Å². The lowest BCUT2D eigenvalue weighted by molar-refractivity contribution is 0.185. The molecule has 2 nitrogen and oxygen atoms in total. The van der Waals surface area contributed by atoms with Crippen LogP contribution in [0.15, 0.2) is 58.4 Å². The van der Waals surface area contributed by atoms with Gasteiger partial charge in [0.15, 0.2) is 0 Å². The largest absolute Gasteiger partial charge is 0.395 e. The van der Waals surface area contributed by atoms with Crippen molar-refractivity contribution >= 4 is 37.4 Å². The predicted octanol–water partition coefficient (Wildman–Crippen LogP) is 4.66. The molecule has 0 unspecified atom stereocenters. The number of nitrogens with zero attached hydrogens (tertiary/aromatic N) is 1. The summed E-state index contributed by atoms with van der Waals surface area (Å²) in [5.41, 5.74) is 2.60. The molecule has 0 amide bonds. The molecule has 1 heterocycles. The molecule has 0 aliphatic carbocycles. The van der Waals surface area contributed by atoms with Crippen molar-refractivity contribution < 1.29 is 5.11 Å². The first-order valence-electron chi connectivity index (χ1n) is 7.29. The Hall–Kier alpha value is -1.20. The van der Waals surface area contributed by atoms with Gasteiger partial charge in [-0.1, -0.05) is 46.3 Å². The highest BCUT2D eigenvalue weighted by atomic mass is 79.9. The topological polar surface area (TPSA) is 23.5 Å². The summed E-state index contributed by atoms with van der Waals surface area (Å²) in [5.74, 6) is 0. The van der Waals surface area contributed by atoms with Gasteiger partial charge in [-0.2, -0.15) is 0 Å². The molecule has 0 fully saturated rings. The van der Waals surface area contributed by atoms with Crippen LogP contribution in [0.2, 0.25) is 0 Å². The van der Waals surface area contributed by atoms with Gasteiger partial charge in [0, 0.05) is 28.8 Å². The van der Waals surface area contributed by atoms with Gasteiger partial charge in [0.25, 0.3) is 0 Å². The summed E-state index contributed by atoms with van der Waals surface area (Å²) < 4.78 is 2.42. The third kappa shape index (κ3) is 3.76. The van der Waals surface area contributed by atoms with Gasteiger partial charge in [-0.3, -0.25) is 4.90 Å². The normalized spacial score (nSPS) is 11.4. The van der Waals surface area contributed by atoms with E-state index in [1.807, 2.05) is 6.07 Å². The van der Waals surface area contributed by atoms with Crippen molar-refractivity contribution in [2.45, 2.75) is 13.1 Å². The molecule has 2 aromatic carbocycles. The number of hydrogen-bond acceptors (Lipinski definition) is 3. The minimum Gasteiger partial charge on any atom is -0.395 e. The number of thiophene rings is 1. The van der Waals surface area contributed by atoms with Crippen molar-refractivity contribution in [2.75, 3.05) is 13.2 Å². The fourth-order valence-electron chi connectivity index (χ4n) is 2.61. The maximum atomic E-state index is 9.35. The number of aliphatic hydroxyl groups excluding tert-OH is 1. The smallest absolute Gasteiger partial charge is 0.0558 e. The summed E-state index contributed by atoms with van der Waals surface area (Å²) in [6, 6.07) is 16.8. The standard InChI is InChI=1S/C18H18BrNOS/c19-16-6-7-18-17(10-16)15(13-22-18)12-20(8-9-21)11-14-4-2-1-3-5-14/h1-7,10,13,21H,8-9,11-12H2. The Morgan fingerprint density at radius 3 is 2.64 bits per heavy atom. The quantitative estimate of drug-likeness (QED) is 0.677. The van der Waals surface area contributed by atoms with Crippen molar-refractivity contribution in [1.82, 2.24) is 4.90 Å². The molecular weight excluding hydrogens is 358 g/mol. The summed E-state index contributed by atoms with van der Waals surface area (Å²) in [6.45, 7) is 2.57. The van der Waals surface area contributed by atoms with Crippen molar-refractivity contribution in [1.29, 1.82) is 0 Å². The Kier molecular flexibility index (Phi) is 5.26. The first kappa shape index (κ1) is 15.7. The van der Waals surface area contributed by atoms with Crippen LogP contribution in [-0.4, -0.2) is 23.2 Å². The van der Waals surface area contributed by atoms with E-state index < -0.39 is 0 Å². The molecule has 3 rings (SSSR count). The molecule has 0 saturated carbocycles. The Labute approximate surface area is 143 Å². The van der Waals surface area contributed by atoms with Gasteiger partial charge in [-0.15, -0.1) is 11.3 Å². The second kappa shape index (κ2) is 7.38. The van der Waals surface area contributed by atoms with E-state index in [9.17, 15) is 5.11 Å². The first-order chi connectivity index (χ1) is 10.8. The summed E-state index contributed by atoms with van der Waals surface area (Å²) >= 11 is 5.33. The second-order valence-corrected chi connectivity index (χ2v) is 7.15. The van der Waals surface area contributed by atoms with E-state index in [2.05, 4.69) is 68.7 Å². The monoisotopic (exact) mass is 375 g/mol. The van der Waals surface area contributed by atoms with Crippen LogP contribution in [0.5, 0.6) is 0 Å². The van der Waals surface area contributed by atoms with Gasteiger partial charge >= 0.3 is 0 Å². The molecule has 0 aliphatic rings. The van der Waals surface area contributed by atoms with Gasteiger partial charge in [0.05, 0.1) is 6.61 Å². The van der Waals surface area contributed by atoms with Gasteiger partial charge in [0.2, 0.25) is 0 Å². The van der Waals surface area contributed by atoms with Crippen LogP contribution >= 0.6 is 27.3 Å².